The first-order valence-electron chi connectivity index (χ1n) is 24.8. The topological polar surface area (TPSA) is 407 Å². The molecule has 1 aliphatic heterocycles. The number of hydrogen-bond donors (Lipinski definition) is 10. The minimum atomic E-state index is -1.40. The van der Waals surface area contributed by atoms with Crippen LogP contribution in [0, 0.1) is 11.8 Å². The third-order valence-corrected chi connectivity index (χ3v) is 13.8. The molecule has 0 spiro atoms. The molecule has 6 atom stereocenters. The molecule has 0 saturated carbocycles. The van der Waals surface area contributed by atoms with Crippen molar-refractivity contribution in [1.82, 2.24) is 31.9 Å². The maximum Gasteiger partial charge on any atom is 1.00 e. The van der Waals surface area contributed by atoms with Crippen molar-refractivity contribution < 1.29 is 138 Å². The van der Waals surface area contributed by atoms with Crippen molar-refractivity contribution in [2.75, 3.05) is 84.0 Å². The van der Waals surface area contributed by atoms with Crippen LogP contribution in [0.1, 0.15) is 76.7 Å². The molecular formula is C48H73KN8O18S2. The number of nitrogens with one attached hydrogen (secondary N) is 7. The number of carbonyl (C=O) groups excluding carboxylic acids is 9. The van der Waals surface area contributed by atoms with Crippen molar-refractivity contribution in [3.8, 4) is 5.75 Å². The van der Waals surface area contributed by atoms with Crippen molar-refractivity contribution in [2.24, 2.45) is 17.6 Å². The summed E-state index contributed by atoms with van der Waals surface area (Å²) in [6.07, 6.45) is -0.112. The number of primary amides is 1. The third kappa shape index (κ3) is 33.0. The zero-order valence-electron chi connectivity index (χ0n) is 43.6. The summed E-state index contributed by atoms with van der Waals surface area (Å²) in [7, 11) is 2.54. The van der Waals surface area contributed by atoms with Gasteiger partial charge in [0.15, 0.2) is 5.78 Å². The number of carbonyl (C=O) groups is 11. The Morgan fingerprint density at radius 3 is 1.79 bits per heavy atom. The van der Waals surface area contributed by atoms with Crippen LogP contribution in [0.5, 0.6) is 5.75 Å². The molecule has 7 amide bonds. The van der Waals surface area contributed by atoms with Crippen LogP contribution >= 0.6 is 21.6 Å². The molecule has 1 aromatic rings. The number of ether oxygens (including phenoxy) is 4. The van der Waals surface area contributed by atoms with Crippen molar-refractivity contribution in [2.45, 2.75) is 102 Å². The number of carboxylic acid groups (broad SMARTS) is 2. The minimum absolute atomic E-state index is 0. The monoisotopic (exact) mass is 1150 g/mol. The van der Waals surface area contributed by atoms with Crippen LogP contribution in [0.4, 0.5) is 0 Å². The Balaban J connectivity index is 0.0000296. The smallest absolute Gasteiger partial charge is 0.666 e. The van der Waals surface area contributed by atoms with Crippen molar-refractivity contribution in [1.29, 1.82) is 0 Å². The number of unbranched alkanes of at least 4 members (excludes halogenated alkanes) is 1. The van der Waals surface area contributed by atoms with Gasteiger partial charge in [-0.3, -0.25) is 43.2 Å². The van der Waals surface area contributed by atoms with Crippen LogP contribution in [0.25, 0.3) is 5.73 Å². The predicted molar refractivity (Wildman–Crippen MR) is 276 cm³/mol. The largest absolute Gasteiger partial charge is 1.00 e. The quantitative estimate of drug-likeness (QED) is 0.0175. The molecule has 1 aromatic carbocycles. The molecule has 0 aliphatic carbocycles. The zero-order valence-corrected chi connectivity index (χ0v) is 48.4. The van der Waals surface area contributed by atoms with Crippen LogP contribution in [0.15, 0.2) is 24.3 Å². The second kappa shape index (κ2) is 41.7. The standard InChI is InChI=1S/C48H73N8O18S2.K/c1-2-40(60)54-36(47(67)68)11-13-42(62)55-37(48(69)70)10-12-41(61)52-15-17-71-19-22-74-27-44(64)53-16-18-72-20-21-73-26-43(63)51-14-4-3-5-35-39(59)25-32(28-75-76-29-34(49)46(66)56-35)38(58)24-31(45(50)65)23-30-6-8-33(57)9-7-30;/h6-9,31-32,34-37,49,57H,2-5,10-29H2,1H3,(H2,50,65)(H,51,63)(H,52,61)(H,53,64)(H,54,60)(H,55,62)(H,56,66)(H,67,68)(H,69,70);/q-1;+1/t31-,32+,34+,35+,36?,37?;/m1./s1. The Morgan fingerprint density at radius 2 is 1.23 bits per heavy atom. The number of phenols is 1. The molecule has 12 N–H and O–H groups in total. The molecular weight excluding hydrogens is 1080 g/mol. The number of benzene rings is 1. The van der Waals surface area contributed by atoms with Crippen molar-refractivity contribution >= 4 is 86.4 Å². The van der Waals surface area contributed by atoms with E-state index < -0.39 is 83.4 Å². The second-order valence-corrected chi connectivity index (χ2v) is 20.0. The Bertz CT molecular complexity index is 2060. The maximum absolute atomic E-state index is 13.6. The molecule has 0 bridgehead atoms. The second-order valence-electron chi connectivity index (χ2n) is 17.4. The summed E-state index contributed by atoms with van der Waals surface area (Å²) in [5, 5.41) is 43.3. The van der Waals surface area contributed by atoms with Gasteiger partial charge in [0.1, 0.15) is 36.8 Å². The maximum atomic E-state index is 13.6. The normalized spacial score (nSPS) is 16.9. The summed E-state index contributed by atoms with van der Waals surface area (Å²) in [5.74, 6) is -8.35. The van der Waals surface area contributed by atoms with E-state index in [2.05, 4.69) is 31.9 Å². The van der Waals surface area contributed by atoms with Gasteiger partial charge < -0.3 is 77.6 Å². The first-order chi connectivity index (χ1) is 36.3. The summed E-state index contributed by atoms with van der Waals surface area (Å²) in [4.78, 5) is 135. The van der Waals surface area contributed by atoms with E-state index in [1.165, 1.54) is 40.6 Å². The van der Waals surface area contributed by atoms with E-state index in [4.69, 9.17) is 30.4 Å². The molecule has 0 aromatic heterocycles. The minimum Gasteiger partial charge on any atom is -0.666 e. The van der Waals surface area contributed by atoms with Gasteiger partial charge in [-0.05, 0) is 68.0 Å². The SMILES string of the molecule is CCC(=O)NC(CCC(=O)NC(CCC(=O)NCCOCCOCC(=O)NCCOCCOCC(=O)NCCCC[C@@H]1NC(=O)[C@@H]([NH-])CSSC[C@@H](C(=O)C[C@@H](Cc2ccc(O)cc2)C(N)=O)CC1=O)C(=O)O)C(=O)O.[K+]. The molecule has 426 valence electrons. The molecule has 2 unspecified atom stereocenters. The molecule has 0 radical (unpaired) electrons. The molecule has 1 fully saturated rings. The van der Waals surface area contributed by atoms with E-state index in [1.807, 2.05) is 0 Å². The molecule has 2 rings (SSSR count). The number of ketones is 2. The van der Waals surface area contributed by atoms with E-state index in [0.717, 1.165) is 0 Å². The van der Waals surface area contributed by atoms with Crippen molar-refractivity contribution in [3.05, 3.63) is 35.6 Å². The number of carboxylic acids is 2. The average molecular weight is 1150 g/mol. The Kier molecular flexibility index (Phi) is 38.3. The fraction of sp³-hybridized carbons (Fsp3) is 0.646. The number of phenolic OH excluding ortho intramolecular Hbond substituents is 1. The van der Waals surface area contributed by atoms with Crippen LogP contribution in [0.3, 0.4) is 0 Å². The van der Waals surface area contributed by atoms with Gasteiger partial charge >= 0.3 is 63.3 Å². The van der Waals surface area contributed by atoms with Crippen LogP contribution < -0.4 is 89.0 Å². The van der Waals surface area contributed by atoms with Gasteiger partial charge in [-0.15, -0.1) is 0 Å². The molecule has 26 nitrogen and oxygen atoms in total. The van der Waals surface area contributed by atoms with E-state index in [1.54, 1.807) is 12.1 Å². The molecule has 29 heteroatoms. The summed E-state index contributed by atoms with van der Waals surface area (Å²) >= 11 is 0. The Labute approximate surface area is 497 Å². The van der Waals surface area contributed by atoms with Gasteiger partial charge in [0, 0.05) is 69.3 Å². The number of rotatable bonds is 38. The van der Waals surface area contributed by atoms with Gasteiger partial charge in [0.05, 0.1) is 45.7 Å². The van der Waals surface area contributed by atoms with Gasteiger partial charge in [-0.1, -0.05) is 40.6 Å². The van der Waals surface area contributed by atoms with Crippen LogP contribution in [-0.4, -0.2) is 188 Å². The van der Waals surface area contributed by atoms with Gasteiger partial charge in [-0.2, -0.15) is 0 Å². The van der Waals surface area contributed by atoms with Gasteiger partial charge in [0.25, 0.3) is 0 Å². The summed E-state index contributed by atoms with van der Waals surface area (Å²) in [5.41, 5.74) is 14.6. The fourth-order valence-corrected chi connectivity index (χ4v) is 9.40. The number of aromatic hydroxyl groups is 1. The number of amides is 7. The average Bonchev–Trinajstić information content (AvgIpc) is 3.39. The van der Waals surface area contributed by atoms with E-state index in [9.17, 15) is 68.1 Å². The van der Waals surface area contributed by atoms with Gasteiger partial charge in [0.2, 0.25) is 41.4 Å². The molecule has 1 saturated heterocycles. The van der Waals surface area contributed by atoms with E-state index in [-0.39, 0.29) is 216 Å². The fourth-order valence-electron chi connectivity index (χ4n) is 6.97. The molecule has 1 heterocycles. The molecule has 1 aliphatic rings. The predicted octanol–water partition coefficient (Wildman–Crippen LogP) is -3.43. The van der Waals surface area contributed by atoms with Crippen LogP contribution in [0.2, 0.25) is 0 Å². The third-order valence-electron chi connectivity index (χ3n) is 11.3. The zero-order chi connectivity index (χ0) is 56.3. The number of aliphatic carboxylic acids is 2. The van der Waals surface area contributed by atoms with Gasteiger partial charge in [-0.25, -0.2) is 9.59 Å². The number of hydrogen-bond acceptors (Lipinski definition) is 18. The van der Waals surface area contributed by atoms with E-state index >= 15 is 0 Å². The molecule has 77 heavy (non-hydrogen) atoms. The summed E-state index contributed by atoms with van der Waals surface area (Å²) in [6, 6.07) is 1.42. The first-order valence-corrected chi connectivity index (χ1v) is 27.3. The first kappa shape index (κ1) is 70.7. The van der Waals surface area contributed by atoms with E-state index in [0.29, 0.717) is 18.4 Å². The summed E-state index contributed by atoms with van der Waals surface area (Å²) in [6.45, 7) is 2.29. The Hall–Kier alpha value is -4.27. The Morgan fingerprint density at radius 1 is 0.714 bits per heavy atom. The summed E-state index contributed by atoms with van der Waals surface area (Å²) < 4.78 is 21.4. The number of Topliss-reactive ketones (excluding diaryl/α,β-unsaturated/α-hetero) is 2. The van der Waals surface area contributed by atoms with Crippen molar-refractivity contribution in [3.63, 3.8) is 0 Å². The number of nitrogens with two attached hydrogens (primary N) is 1. The van der Waals surface area contributed by atoms with Crippen LogP contribution in [-0.2, 0) is 78.1 Å².